The Labute approximate surface area is 97.6 Å². The first-order chi connectivity index (χ1) is 7.74. The smallest absolute Gasteiger partial charge is 0.224 e. The number of nitrogens with zero attached hydrogens (tertiary/aromatic N) is 1. The van der Waals surface area contributed by atoms with Crippen molar-refractivity contribution in [2.45, 2.75) is 32.2 Å². The van der Waals surface area contributed by atoms with Crippen molar-refractivity contribution in [1.29, 1.82) is 0 Å². The van der Waals surface area contributed by atoms with Crippen LogP contribution < -0.4 is 11.1 Å². The number of rotatable bonds is 4. The average Bonchev–Trinajstić information content (AvgIpc) is 2.32. The number of nitrogens with two attached hydrogens (primary N) is 1. The predicted molar refractivity (Wildman–Crippen MR) is 63.9 cm³/mol. The van der Waals surface area contributed by atoms with Gasteiger partial charge in [0.25, 0.3) is 0 Å². The number of nitrogens with one attached hydrogen (secondary N) is 1. The quantitative estimate of drug-likeness (QED) is 0.717. The summed E-state index contributed by atoms with van der Waals surface area (Å²) in [5, 5.41) is 3.19. The van der Waals surface area contributed by atoms with E-state index >= 15 is 0 Å². The van der Waals surface area contributed by atoms with Crippen molar-refractivity contribution in [2.24, 2.45) is 17.6 Å². The number of carbonyl (C=O) groups is 1. The van der Waals surface area contributed by atoms with Gasteiger partial charge in [-0.3, -0.25) is 4.79 Å². The van der Waals surface area contributed by atoms with Gasteiger partial charge in [0.15, 0.2) is 0 Å². The summed E-state index contributed by atoms with van der Waals surface area (Å²) in [6.45, 7) is 5.95. The zero-order valence-corrected chi connectivity index (χ0v) is 10.1. The van der Waals surface area contributed by atoms with Gasteiger partial charge in [-0.2, -0.15) is 0 Å². The van der Waals surface area contributed by atoms with Crippen molar-refractivity contribution >= 4 is 5.91 Å². The van der Waals surface area contributed by atoms with E-state index in [1.165, 1.54) is 25.9 Å². The van der Waals surface area contributed by atoms with Gasteiger partial charge in [-0.05, 0) is 38.3 Å². The molecule has 1 amide bonds. The van der Waals surface area contributed by atoms with E-state index in [1.54, 1.807) is 0 Å². The van der Waals surface area contributed by atoms with Gasteiger partial charge >= 0.3 is 0 Å². The number of amides is 1. The van der Waals surface area contributed by atoms with E-state index in [9.17, 15) is 4.79 Å². The molecule has 92 valence electrons. The highest BCUT2D eigenvalue weighted by atomic mass is 16.2. The van der Waals surface area contributed by atoms with Crippen LogP contribution in [0.5, 0.6) is 0 Å². The van der Waals surface area contributed by atoms with Gasteiger partial charge in [0.1, 0.15) is 0 Å². The van der Waals surface area contributed by atoms with E-state index in [-0.39, 0.29) is 11.8 Å². The van der Waals surface area contributed by atoms with Crippen molar-refractivity contribution in [1.82, 2.24) is 10.2 Å². The predicted octanol–water partition coefficient (Wildman–Crippen LogP) is 0.182. The first-order valence-corrected chi connectivity index (χ1v) is 6.47. The van der Waals surface area contributed by atoms with Crippen LogP contribution in [-0.2, 0) is 4.79 Å². The zero-order valence-electron chi connectivity index (χ0n) is 10.1. The van der Waals surface area contributed by atoms with Gasteiger partial charge < -0.3 is 16.0 Å². The van der Waals surface area contributed by atoms with E-state index in [2.05, 4.69) is 10.2 Å². The molecule has 0 aromatic carbocycles. The van der Waals surface area contributed by atoms with E-state index < -0.39 is 0 Å². The van der Waals surface area contributed by atoms with Crippen LogP contribution in [-0.4, -0.2) is 43.0 Å². The minimum atomic E-state index is -0.00421. The lowest BCUT2D eigenvalue weighted by Gasteiger charge is -2.45. The highest BCUT2D eigenvalue weighted by molar-refractivity contribution is 5.79. The molecule has 2 bridgehead atoms. The molecule has 0 aromatic heterocycles. The van der Waals surface area contributed by atoms with Gasteiger partial charge in [-0.25, -0.2) is 0 Å². The lowest BCUT2D eigenvalue weighted by molar-refractivity contribution is -0.126. The molecule has 3 aliphatic heterocycles. The molecule has 0 aromatic rings. The Morgan fingerprint density at radius 1 is 1.50 bits per heavy atom. The fraction of sp³-hybridized carbons (Fsp3) is 0.917. The Kier molecular flexibility index (Phi) is 3.82. The van der Waals surface area contributed by atoms with Crippen LogP contribution >= 0.6 is 0 Å². The molecule has 3 fully saturated rings. The molecule has 0 aliphatic carbocycles. The fourth-order valence-electron chi connectivity index (χ4n) is 2.89. The molecule has 4 heteroatoms. The summed E-state index contributed by atoms with van der Waals surface area (Å²) in [6, 6.07) is 0.371. The van der Waals surface area contributed by atoms with Crippen molar-refractivity contribution in [3.63, 3.8) is 0 Å². The number of piperidine rings is 3. The second kappa shape index (κ2) is 5.15. The molecule has 4 nitrogen and oxygen atoms in total. The Morgan fingerprint density at radius 2 is 2.19 bits per heavy atom. The van der Waals surface area contributed by atoms with E-state index in [0.29, 0.717) is 18.5 Å². The molecule has 2 unspecified atom stereocenters. The Morgan fingerprint density at radius 3 is 2.62 bits per heavy atom. The summed E-state index contributed by atoms with van der Waals surface area (Å²) in [5.74, 6) is 0.850. The molecule has 0 radical (unpaired) electrons. The summed E-state index contributed by atoms with van der Waals surface area (Å²) in [7, 11) is 0. The van der Waals surface area contributed by atoms with Crippen LogP contribution in [0.2, 0.25) is 0 Å². The average molecular weight is 225 g/mol. The SMILES string of the molecule is CCC(CN)C(=O)NC1CN2CCC1CC2. The second-order valence-corrected chi connectivity index (χ2v) is 5.09. The highest BCUT2D eigenvalue weighted by Gasteiger charge is 2.35. The molecule has 3 N–H and O–H groups in total. The number of carbonyl (C=O) groups excluding carboxylic acids is 1. The van der Waals surface area contributed by atoms with Gasteiger partial charge in [-0.15, -0.1) is 0 Å². The number of hydrogen-bond acceptors (Lipinski definition) is 3. The molecule has 3 rings (SSSR count). The second-order valence-electron chi connectivity index (χ2n) is 5.09. The third-order valence-electron chi connectivity index (χ3n) is 4.13. The standard InChI is InChI=1S/C12H23N3O/c1-2-9(7-13)12(16)14-11-8-15-5-3-10(11)4-6-15/h9-11H,2-8,13H2,1H3,(H,14,16). The number of hydrogen-bond donors (Lipinski definition) is 2. The van der Waals surface area contributed by atoms with Crippen LogP contribution in [0, 0.1) is 11.8 Å². The van der Waals surface area contributed by atoms with E-state index in [1.807, 2.05) is 6.92 Å². The van der Waals surface area contributed by atoms with Crippen molar-refractivity contribution in [3.05, 3.63) is 0 Å². The topological polar surface area (TPSA) is 58.4 Å². The third kappa shape index (κ3) is 2.38. The van der Waals surface area contributed by atoms with Crippen LogP contribution in [0.1, 0.15) is 26.2 Å². The largest absolute Gasteiger partial charge is 0.352 e. The Hall–Kier alpha value is -0.610. The Balaban J connectivity index is 1.87. The normalized spacial score (nSPS) is 34.8. The van der Waals surface area contributed by atoms with Gasteiger partial charge in [0.05, 0.1) is 0 Å². The maximum absolute atomic E-state index is 11.9. The maximum Gasteiger partial charge on any atom is 0.224 e. The molecule has 16 heavy (non-hydrogen) atoms. The monoisotopic (exact) mass is 225 g/mol. The zero-order chi connectivity index (χ0) is 11.5. The summed E-state index contributed by atoms with van der Waals surface area (Å²) in [4.78, 5) is 14.4. The van der Waals surface area contributed by atoms with Crippen LogP contribution in [0.15, 0.2) is 0 Å². The summed E-state index contributed by atoms with van der Waals surface area (Å²) in [5.41, 5.74) is 5.59. The summed E-state index contributed by atoms with van der Waals surface area (Å²) >= 11 is 0. The molecule has 3 heterocycles. The minimum Gasteiger partial charge on any atom is -0.352 e. The molecule has 3 saturated heterocycles. The number of fused-ring (bicyclic) bond motifs is 3. The van der Waals surface area contributed by atoms with Crippen LogP contribution in [0.3, 0.4) is 0 Å². The van der Waals surface area contributed by atoms with Crippen molar-refractivity contribution < 1.29 is 4.79 Å². The van der Waals surface area contributed by atoms with Gasteiger partial charge in [-0.1, -0.05) is 6.92 Å². The van der Waals surface area contributed by atoms with Gasteiger partial charge in [0, 0.05) is 25.0 Å². The lowest BCUT2D eigenvalue weighted by atomic mass is 9.83. The minimum absolute atomic E-state index is 0.00421. The molecule has 2 atom stereocenters. The van der Waals surface area contributed by atoms with Crippen molar-refractivity contribution in [3.8, 4) is 0 Å². The van der Waals surface area contributed by atoms with Crippen LogP contribution in [0.4, 0.5) is 0 Å². The van der Waals surface area contributed by atoms with Gasteiger partial charge in [0.2, 0.25) is 5.91 Å². The van der Waals surface area contributed by atoms with E-state index in [0.717, 1.165) is 13.0 Å². The fourth-order valence-corrected chi connectivity index (χ4v) is 2.89. The molecular formula is C12H23N3O. The Bertz CT molecular complexity index is 245. The summed E-state index contributed by atoms with van der Waals surface area (Å²) in [6.07, 6.45) is 3.32. The molecule has 0 saturated carbocycles. The van der Waals surface area contributed by atoms with Crippen molar-refractivity contribution in [2.75, 3.05) is 26.2 Å². The maximum atomic E-state index is 11.9. The molecule has 0 spiro atoms. The summed E-state index contributed by atoms with van der Waals surface area (Å²) < 4.78 is 0. The molecule has 3 aliphatic rings. The lowest BCUT2D eigenvalue weighted by Crippen LogP contribution is -2.58. The molecular weight excluding hydrogens is 202 g/mol. The first-order valence-electron chi connectivity index (χ1n) is 6.47. The third-order valence-corrected chi connectivity index (χ3v) is 4.13. The van der Waals surface area contributed by atoms with E-state index in [4.69, 9.17) is 5.73 Å². The first kappa shape index (κ1) is 11.9. The highest BCUT2D eigenvalue weighted by Crippen LogP contribution is 2.27. The van der Waals surface area contributed by atoms with Crippen LogP contribution in [0.25, 0.3) is 0 Å².